The van der Waals surface area contributed by atoms with Crippen molar-refractivity contribution in [2.45, 2.75) is 44.9 Å². The van der Waals surface area contributed by atoms with Gasteiger partial charge >= 0.3 is 0 Å². The van der Waals surface area contributed by atoms with Gasteiger partial charge in [0.05, 0.1) is 5.02 Å². The zero-order chi connectivity index (χ0) is 14.8. The molecule has 0 radical (unpaired) electrons. The molecule has 0 atom stereocenters. The van der Waals surface area contributed by atoms with Gasteiger partial charge in [0, 0.05) is 5.56 Å². The van der Waals surface area contributed by atoms with E-state index >= 15 is 0 Å². The van der Waals surface area contributed by atoms with E-state index in [1.807, 2.05) is 31.2 Å². The van der Waals surface area contributed by atoms with Gasteiger partial charge in [-0.2, -0.15) is 0 Å². The van der Waals surface area contributed by atoms with Gasteiger partial charge in [0.2, 0.25) is 0 Å². The summed E-state index contributed by atoms with van der Waals surface area (Å²) in [4.78, 5) is 0. The molecule has 21 heavy (non-hydrogen) atoms. The number of benzene rings is 2. The lowest BCUT2D eigenvalue weighted by atomic mass is 9.83. The van der Waals surface area contributed by atoms with Crippen molar-refractivity contribution >= 4 is 11.6 Å². The molecule has 1 fully saturated rings. The highest BCUT2D eigenvalue weighted by molar-refractivity contribution is 6.31. The summed E-state index contributed by atoms with van der Waals surface area (Å²) >= 11 is 6.01. The number of rotatable bonds is 2. The van der Waals surface area contributed by atoms with Crippen molar-refractivity contribution < 1.29 is 4.39 Å². The van der Waals surface area contributed by atoms with E-state index in [-0.39, 0.29) is 10.8 Å². The first-order valence-electron chi connectivity index (χ1n) is 7.72. The molecule has 2 aromatic rings. The lowest BCUT2D eigenvalue weighted by molar-refractivity contribution is 0.443. The van der Waals surface area contributed by atoms with Crippen molar-refractivity contribution in [2.75, 3.05) is 0 Å². The van der Waals surface area contributed by atoms with Gasteiger partial charge in [-0.1, -0.05) is 67.3 Å². The Kier molecular flexibility index (Phi) is 4.30. The third kappa shape index (κ3) is 2.98. The first-order valence-corrected chi connectivity index (χ1v) is 8.09. The Morgan fingerprint density at radius 2 is 1.62 bits per heavy atom. The van der Waals surface area contributed by atoms with Gasteiger partial charge in [-0.05, 0) is 42.4 Å². The van der Waals surface area contributed by atoms with Gasteiger partial charge in [0.15, 0.2) is 0 Å². The van der Waals surface area contributed by atoms with Crippen LogP contribution in [0.5, 0.6) is 0 Å². The Bertz CT molecular complexity index is 625. The second-order valence-corrected chi connectivity index (χ2v) is 6.39. The lowest BCUT2D eigenvalue weighted by Crippen LogP contribution is -2.04. The summed E-state index contributed by atoms with van der Waals surface area (Å²) in [5.74, 6) is 0.362. The zero-order valence-electron chi connectivity index (χ0n) is 12.3. The van der Waals surface area contributed by atoms with Gasteiger partial charge in [0.25, 0.3) is 0 Å². The summed E-state index contributed by atoms with van der Waals surface area (Å²) in [5.41, 5.74) is 3.64. The summed E-state index contributed by atoms with van der Waals surface area (Å²) in [6.07, 6.45) is 6.58. The van der Waals surface area contributed by atoms with Crippen molar-refractivity contribution in [1.29, 1.82) is 0 Å². The van der Waals surface area contributed by atoms with Gasteiger partial charge in [0.1, 0.15) is 5.82 Å². The maximum atomic E-state index is 14.3. The van der Waals surface area contributed by atoms with Crippen LogP contribution in [0.2, 0.25) is 5.02 Å². The van der Waals surface area contributed by atoms with Gasteiger partial charge in [-0.15, -0.1) is 0 Å². The highest BCUT2D eigenvalue weighted by Crippen LogP contribution is 2.35. The second-order valence-electron chi connectivity index (χ2n) is 6.01. The van der Waals surface area contributed by atoms with E-state index in [0.717, 1.165) is 11.1 Å². The van der Waals surface area contributed by atoms with E-state index < -0.39 is 0 Å². The van der Waals surface area contributed by atoms with Crippen LogP contribution >= 0.6 is 11.6 Å². The Morgan fingerprint density at radius 3 is 2.29 bits per heavy atom. The van der Waals surface area contributed by atoms with Crippen LogP contribution in [-0.4, -0.2) is 0 Å². The molecule has 1 aliphatic rings. The SMILES string of the molecule is Cc1ccc(-c2ccc(C3CCCCC3)cc2)c(F)c1Cl. The minimum Gasteiger partial charge on any atom is -0.205 e. The smallest absolute Gasteiger partial charge is 0.149 e. The fraction of sp³-hybridized carbons (Fsp3) is 0.368. The third-order valence-electron chi connectivity index (χ3n) is 4.57. The molecule has 0 unspecified atom stereocenters. The van der Waals surface area contributed by atoms with Crippen LogP contribution < -0.4 is 0 Å². The molecule has 0 amide bonds. The van der Waals surface area contributed by atoms with E-state index in [0.29, 0.717) is 11.5 Å². The molecule has 1 saturated carbocycles. The van der Waals surface area contributed by atoms with Crippen molar-refractivity contribution in [3.63, 3.8) is 0 Å². The number of halogens is 2. The van der Waals surface area contributed by atoms with E-state index in [2.05, 4.69) is 12.1 Å². The number of hydrogen-bond donors (Lipinski definition) is 0. The Balaban J connectivity index is 1.89. The average Bonchev–Trinajstić information content (AvgIpc) is 2.54. The molecule has 1 aliphatic carbocycles. The summed E-state index contributed by atoms with van der Waals surface area (Å²) in [6, 6.07) is 12.0. The summed E-state index contributed by atoms with van der Waals surface area (Å²) in [5, 5.41) is 0.226. The molecule has 0 N–H and O–H groups in total. The molecule has 2 heteroatoms. The van der Waals surface area contributed by atoms with E-state index in [1.54, 1.807) is 0 Å². The monoisotopic (exact) mass is 302 g/mol. The molecular weight excluding hydrogens is 283 g/mol. The van der Waals surface area contributed by atoms with E-state index in [4.69, 9.17) is 11.6 Å². The third-order valence-corrected chi connectivity index (χ3v) is 5.04. The van der Waals surface area contributed by atoms with Crippen LogP contribution in [0.4, 0.5) is 4.39 Å². The fourth-order valence-electron chi connectivity index (χ4n) is 3.24. The summed E-state index contributed by atoms with van der Waals surface area (Å²) in [7, 11) is 0. The molecule has 0 nitrogen and oxygen atoms in total. The highest BCUT2D eigenvalue weighted by atomic mass is 35.5. The van der Waals surface area contributed by atoms with E-state index in [1.165, 1.54) is 37.7 Å². The zero-order valence-corrected chi connectivity index (χ0v) is 13.1. The van der Waals surface area contributed by atoms with Crippen molar-refractivity contribution in [3.05, 3.63) is 58.4 Å². The molecule has 0 aromatic heterocycles. The maximum Gasteiger partial charge on any atom is 0.149 e. The quantitative estimate of drug-likeness (QED) is 0.594. The second kappa shape index (κ2) is 6.19. The Morgan fingerprint density at radius 1 is 0.952 bits per heavy atom. The molecule has 0 aliphatic heterocycles. The molecule has 0 spiro atoms. The normalized spacial score (nSPS) is 16.1. The predicted octanol–water partition coefficient (Wildman–Crippen LogP) is 6.50. The number of aryl methyl sites for hydroxylation is 1. The summed E-state index contributed by atoms with van der Waals surface area (Å²) in [6.45, 7) is 1.82. The first-order chi connectivity index (χ1) is 10.2. The van der Waals surface area contributed by atoms with Crippen LogP contribution in [0.25, 0.3) is 11.1 Å². The van der Waals surface area contributed by atoms with Crippen LogP contribution in [0.15, 0.2) is 36.4 Å². The first kappa shape index (κ1) is 14.6. The van der Waals surface area contributed by atoms with Crippen molar-refractivity contribution in [3.8, 4) is 11.1 Å². The molecule has 0 bridgehead atoms. The van der Waals surface area contributed by atoms with Crippen LogP contribution in [0.3, 0.4) is 0 Å². The Hall–Kier alpha value is -1.34. The fourth-order valence-corrected chi connectivity index (χ4v) is 3.40. The molecule has 0 heterocycles. The minimum absolute atomic E-state index is 0.226. The van der Waals surface area contributed by atoms with Crippen molar-refractivity contribution in [1.82, 2.24) is 0 Å². The van der Waals surface area contributed by atoms with E-state index in [9.17, 15) is 4.39 Å². The highest BCUT2D eigenvalue weighted by Gasteiger charge is 2.16. The number of hydrogen-bond acceptors (Lipinski definition) is 0. The van der Waals surface area contributed by atoms with Gasteiger partial charge in [-0.25, -0.2) is 4.39 Å². The average molecular weight is 303 g/mol. The molecular formula is C19H20ClF. The van der Waals surface area contributed by atoms with Gasteiger partial charge in [-0.3, -0.25) is 0 Å². The largest absolute Gasteiger partial charge is 0.205 e. The summed E-state index contributed by atoms with van der Waals surface area (Å²) < 4.78 is 14.3. The molecule has 2 aromatic carbocycles. The minimum atomic E-state index is -0.318. The predicted molar refractivity (Wildman–Crippen MR) is 87.4 cm³/mol. The van der Waals surface area contributed by atoms with Crippen LogP contribution in [-0.2, 0) is 0 Å². The van der Waals surface area contributed by atoms with Crippen molar-refractivity contribution in [2.24, 2.45) is 0 Å². The molecule has 0 saturated heterocycles. The molecule has 110 valence electrons. The maximum absolute atomic E-state index is 14.3. The lowest BCUT2D eigenvalue weighted by Gasteiger charge is -2.22. The van der Waals surface area contributed by atoms with Crippen LogP contribution in [0.1, 0.15) is 49.1 Å². The standard InChI is InChI=1S/C19H20ClF/c1-13-7-12-17(19(21)18(13)20)16-10-8-15(9-11-16)14-5-3-2-4-6-14/h7-12,14H,2-6H2,1H3. The molecule has 3 rings (SSSR count). The van der Waals surface area contributed by atoms with Crippen LogP contribution in [0, 0.1) is 12.7 Å². The Labute approximate surface area is 131 Å². The topological polar surface area (TPSA) is 0 Å². The van der Waals surface area contributed by atoms with Gasteiger partial charge < -0.3 is 0 Å².